The SMILES string of the molecule is CCOCCc1nc(N)cc(COC)n1. The lowest BCUT2D eigenvalue weighted by Crippen LogP contribution is -2.07. The van der Waals surface area contributed by atoms with Gasteiger partial charge in [0.25, 0.3) is 0 Å². The molecule has 1 rings (SSSR count). The van der Waals surface area contributed by atoms with Crippen molar-refractivity contribution in [3.63, 3.8) is 0 Å². The molecular formula is C10H17N3O2. The summed E-state index contributed by atoms with van der Waals surface area (Å²) >= 11 is 0. The van der Waals surface area contributed by atoms with E-state index in [4.69, 9.17) is 15.2 Å². The minimum Gasteiger partial charge on any atom is -0.384 e. The molecule has 0 saturated heterocycles. The summed E-state index contributed by atoms with van der Waals surface area (Å²) in [6, 6.07) is 1.72. The first-order valence-corrected chi connectivity index (χ1v) is 4.95. The van der Waals surface area contributed by atoms with Crippen molar-refractivity contribution < 1.29 is 9.47 Å². The third kappa shape index (κ3) is 4.22. The van der Waals surface area contributed by atoms with Gasteiger partial charge in [-0.2, -0.15) is 0 Å². The fourth-order valence-electron chi connectivity index (χ4n) is 1.22. The van der Waals surface area contributed by atoms with Gasteiger partial charge in [0.15, 0.2) is 0 Å². The van der Waals surface area contributed by atoms with E-state index in [0.717, 1.165) is 5.69 Å². The van der Waals surface area contributed by atoms with Crippen molar-refractivity contribution in [2.75, 3.05) is 26.1 Å². The molecule has 0 radical (unpaired) electrons. The van der Waals surface area contributed by atoms with E-state index in [-0.39, 0.29) is 0 Å². The fraction of sp³-hybridized carbons (Fsp3) is 0.600. The van der Waals surface area contributed by atoms with Crippen molar-refractivity contribution in [2.45, 2.75) is 20.0 Å². The number of ether oxygens (including phenoxy) is 2. The van der Waals surface area contributed by atoms with Crippen molar-refractivity contribution in [3.05, 3.63) is 17.6 Å². The number of hydrogen-bond acceptors (Lipinski definition) is 5. The lowest BCUT2D eigenvalue weighted by molar-refractivity contribution is 0.149. The Hall–Kier alpha value is -1.20. The van der Waals surface area contributed by atoms with E-state index in [1.807, 2.05) is 6.92 Å². The molecule has 0 amide bonds. The topological polar surface area (TPSA) is 70.3 Å². The van der Waals surface area contributed by atoms with Crippen LogP contribution >= 0.6 is 0 Å². The van der Waals surface area contributed by atoms with Crippen LogP contribution in [0, 0.1) is 0 Å². The summed E-state index contributed by atoms with van der Waals surface area (Å²) in [5.74, 6) is 1.18. The van der Waals surface area contributed by atoms with Crippen LogP contribution in [0.1, 0.15) is 18.4 Å². The maximum absolute atomic E-state index is 5.65. The molecule has 1 aromatic heterocycles. The first kappa shape index (κ1) is 11.9. The van der Waals surface area contributed by atoms with Crippen molar-refractivity contribution >= 4 is 5.82 Å². The molecule has 0 saturated carbocycles. The first-order chi connectivity index (χ1) is 7.26. The zero-order valence-corrected chi connectivity index (χ0v) is 9.19. The molecular weight excluding hydrogens is 194 g/mol. The highest BCUT2D eigenvalue weighted by molar-refractivity contribution is 5.29. The number of anilines is 1. The van der Waals surface area contributed by atoms with Gasteiger partial charge < -0.3 is 15.2 Å². The number of nitrogen functional groups attached to an aromatic ring is 1. The average molecular weight is 211 g/mol. The normalized spacial score (nSPS) is 10.5. The third-order valence-electron chi connectivity index (χ3n) is 1.81. The summed E-state index contributed by atoms with van der Waals surface area (Å²) in [6.45, 7) is 3.73. The van der Waals surface area contributed by atoms with E-state index in [0.29, 0.717) is 37.9 Å². The molecule has 0 bridgehead atoms. The second kappa shape index (κ2) is 6.31. The van der Waals surface area contributed by atoms with E-state index in [2.05, 4.69) is 9.97 Å². The zero-order chi connectivity index (χ0) is 11.1. The summed E-state index contributed by atoms with van der Waals surface area (Å²) in [7, 11) is 1.62. The number of nitrogens with zero attached hydrogens (tertiary/aromatic N) is 2. The Morgan fingerprint density at radius 3 is 2.87 bits per heavy atom. The standard InChI is InChI=1S/C10H17N3O2/c1-3-15-5-4-10-12-8(7-14-2)6-9(11)13-10/h6H,3-5,7H2,1-2H3,(H2,11,12,13). The van der Waals surface area contributed by atoms with Crippen molar-refractivity contribution in [3.8, 4) is 0 Å². The minimum atomic E-state index is 0.453. The molecule has 1 aromatic rings. The molecule has 0 aliphatic rings. The summed E-state index contributed by atoms with van der Waals surface area (Å²) in [5, 5.41) is 0. The van der Waals surface area contributed by atoms with E-state index in [9.17, 15) is 0 Å². The van der Waals surface area contributed by atoms with Gasteiger partial charge in [0.2, 0.25) is 0 Å². The zero-order valence-electron chi connectivity index (χ0n) is 9.19. The molecule has 0 aromatic carbocycles. The summed E-state index contributed by atoms with van der Waals surface area (Å²) in [5.41, 5.74) is 6.45. The smallest absolute Gasteiger partial charge is 0.133 e. The van der Waals surface area contributed by atoms with Gasteiger partial charge in [-0.3, -0.25) is 0 Å². The van der Waals surface area contributed by atoms with Crippen LogP contribution in [-0.4, -0.2) is 30.3 Å². The largest absolute Gasteiger partial charge is 0.384 e. The van der Waals surface area contributed by atoms with Gasteiger partial charge >= 0.3 is 0 Å². The Labute approximate surface area is 89.6 Å². The Morgan fingerprint density at radius 2 is 2.20 bits per heavy atom. The number of methoxy groups -OCH3 is 1. The molecule has 0 atom stereocenters. The molecule has 84 valence electrons. The Kier molecular flexibility index (Phi) is 5.00. The summed E-state index contributed by atoms with van der Waals surface area (Å²) < 4.78 is 10.2. The summed E-state index contributed by atoms with van der Waals surface area (Å²) in [6.07, 6.45) is 0.676. The Morgan fingerprint density at radius 1 is 1.40 bits per heavy atom. The molecule has 5 nitrogen and oxygen atoms in total. The van der Waals surface area contributed by atoms with Gasteiger partial charge in [0.05, 0.1) is 18.9 Å². The molecule has 15 heavy (non-hydrogen) atoms. The van der Waals surface area contributed by atoms with Gasteiger partial charge in [-0.15, -0.1) is 0 Å². The lowest BCUT2D eigenvalue weighted by atomic mass is 10.3. The Balaban J connectivity index is 2.62. The molecule has 5 heteroatoms. The summed E-state index contributed by atoms with van der Waals surface area (Å²) in [4.78, 5) is 8.42. The van der Waals surface area contributed by atoms with Crippen molar-refractivity contribution in [2.24, 2.45) is 0 Å². The fourth-order valence-corrected chi connectivity index (χ4v) is 1.22. The van der Waals surface area contributed by atoms with Crippen molar-refractivity contribution in [1.82, 2.24) is 9.97 Å². The third-order valence-corrected chi connectivity index (χ3v) is 1.81. The number of nitrogens with two attached hydrogens (primary N) is 1. The van der Waals surface area contributed by atoms with Gasteiger partial charge in [-0.25, -0.2) is 9.97 Å². The monoisotopic (exact) mass is 211 g/mol. The van der Waals surface area contributed by atoms with Crippen LogP contribution in [0.4, 0.5) is 5.82 Å². The average Bonchev–Trinajstić information content (AvgIpc) is 2.18. The van der Waals surface area contributed by atoms with Gasteiger partial charge in [0.1, 0.15) is 11.6 Å². The highest BCUT2D eigenvalue weighted by Crippen LogP contribution is 2.04. The molecule has 0 spiro atoms. The van der Waals surface area contributed by atoms with E-state index < -0.39 is 0 Å². The van der Waals surface area contributed by atoms with Crippen LogP contribution in [-0.2, 0) is 22.5 Å². The number of aromatic nitrogens is 2. The van der Waals surface area contributed by atoms with Crippen LogP contribution in [0.25, 0.3) is 0 Å². The minimum absolute atomic E-state index is 0.453. The predicted octanol–water partition coefficient (Wildman–Crippen LogP) is 0.784. The van der Waals surface area contributed by atoms with E-state index in [1.54, 1.807) is 13.2 Å². The molecule has 0 aliphatic heterocycles. The predicted molar refractivity (Wildman–Crippen MR) is 57.4 cm³/mol. The first-order valence-electron chi connectivity index (χ1n) is 4.95. The maximum atomic E-state index is 5.65. The lowest BCUT2D eigenvalue weighted by Gasteiger charge is -2.05. The van der Waals surface area contributed by atoms with Gasteiger partial charge in [-0.1, -0.05) is 0 Å². The molecule has 2 N–H and O–H groups in total. The van der Waals surface area contributed by atoms with Crippen molar-refractivity contribution in [1.29, 1.82) is 0 Å². The van der Waals surface area contributed by atoms with Crippen LogP contribution in [0.15, 0.2) is 6.07 Å². The number of hydrogen-bond donors (Lipinski definition) is 1. The molecule has 0 fully saturated rings. The second-order valence-electron chi connectivity index (χ2n) is 3.08. The molecule has 0 unspecified atom stereocenters. The quantitative estimate of drug-likeness (QED) is 0.704. The van der Waals surface area contributed by atoms with Gasteiger partial charge in [-0.05, 0) is 6.92 Å². The molecule has 1 heterocycles. The highest BCUT2D eigenvalue weighted by atomic mass is 16.5. The van der Waals surface area contributed by atoms with Gasteiger partial charge in [0, 0.05) is 26.2 Å². The highest BCUT2D eigenvalue weighted by Gasteiger charge is 2.02. The van der Waals surface area contributed by atoms with Crippen LogP contribution < -0.4 is 5.73 Å². The molecule has 0 aliphatic carbocycles. The van der Waals surface area contributed by atoms with E-state index >= 15 is 0 Å². The van der Waals surface area contributed by atoms with E-state index in [1.165, 1.54) is 0 Å². The number of rotatable bonds is 6. The second-order valence-corrected chi connectivity index (χ2v) is 3.08. The Bertz CT molecular complexity index is 305. The maximum Gasteiger partial charge on any atom is 0.133 e. The van der Waals surface area contributed by atoms with Crippen LogP contribution in [0.3, 0.4) is 0 Å². The van der Waals surface area contributed by atoms with Crippen LogP contribution in [0.5, 0.6) is 0 Å². The van der Waals surface area contributed by atoms with Crippen LogP contribution in [0.2, 0.25) is 0 Å².